The second-order valence-corrected chi connectivity index (χ2v) is 7.06. The summed E-state index contributed by atoms with van der Waals surface area (Å²) >= 11 is 0. The molecule has 1 aliphatic heterocycles. The van der Waals surface area contributed by atoms with Crippen molar-refractivity contribution in [3.05, 3.63) is 65.7 Å². The molecule has 0 saturated carbocycles. The highest BCUT2D eigenvalue weighted by atomic mass is 16.7. The second kappa shape index (κ2) is 9.98. The van der Waals surface area contributed by atoms with E-state index in [1.165, 1.54) is 31.3 Å². The van der Waals surface area contributed by atoms with E-state index in [4.69, 9.17) is 14.7 Å². The molecule has 3 rings (SSSR count). The van der Waals surface area contributed by atoms with Crippen LogP contribution in [0.5, 0.6) is 0 Å². The van der Waals surface area contributed by atoms with Gasteiger partial charge in [0.05, 0.1) is 36.7 Å². The highest BCUT2D eigenvalue weighted by molar-refractivity contribution is 6.23. The number of hydrogen-bond donors (Lipinski definition) is 0. The van der Waals surface area contributed by atoms with Crippen LogP contribution in [0, 0.1) is 11.3 Å². The molecule has 1 heterocycles. The molecule has 2 aromatic rings. The van der Waals surface area contributed by atoms with Crippen LogP contribution in [-0.4, -0.2) is 55.7 Å². The highest BCUT2D eigenvalue weighted by Crippen LogP contribution is 2.27. The molecule has 1 saturated heterocycles. The quantitative estimate of drug-likeness (QED) is 0.477. The maximum absolute atomic E-state index is 13.2. The Morgan fingerprint density at radius 1 is 1.13 bits per heavy atom. The van der Waals surface area contributed by atoms with Crippen molar-refractivity contribution in [1.82, 2.24) is 4.90 Å². The molecule has 1 aliphatic rings. The monoisotopic (exact) mass is 421 g/mol. The lowest BCUT2D eigenvalue weighted by molar-refractivity contribution is -0.152. The topological polar surface area (TPSA) is 99.9 Å². The van der Waals surface area contributed by atoms with Crippen molar-refractivity contribution in [2.24, 2.45) is 0 Å². The van der Waals surface area contributed by atoms with Gasteiger partial charge in [-0.05, 0) is 29.8 Å². The van der Waals surface area contributed by atoms with Crippen molar-refractivity contribution < 1.29 is 23.9 Å². The maximum Gasteiger partial charge on any atom is 0.257 e. The number of amides is 3. The number of nitriles is 1. The maximum atomic E-state index is 13.2. The number of benzene rings is 2. The van der Waals surface area contributed by atoms with E-state index in [1.54, 1.807) is 12.1 Å². The van der Waals surface area contributed by atoms with Crippen LogP contribution in [0.1, 0.15) is 17.5 Å². The molecule has 0 aromatic heterocycles. The first-order valence-electron chi connectivity index (χ1n) is 9.74. The van der Waals surface area contributed by atoms with Gasteiger partial charge >= 0.3 is 0 Å². The standard InChI is InChI=1S/C23H23N3O5/c1-30-22(31-2)15-25(20(27)12-16-6-4-3-5-7-16)19-13-21(28)26(23(19)29)18-10-8-17(14-24)9-11-18/h3-11,19,22H,12-13,15H2,1-2H3. The van der Waals surface area contributed by atoms with Crippen LogP contribution in [0.4, 0.5) is 5.69 Å². The van der Waals surface area contributed by atoms with Crippen molar-refractivity contribution in [3.8, 4) is 6.07 Å². The number of imide groups is 1. The van der Waals surface area contributed by atoms with Crippen LogP contribution in [0.3, 0.4) is 0 Å². The molecule has 8 nitrogen and oxygen atoms in total. The highest BCUT2D eigenvalue weighted by Gasteiger charge is 2.44. The lowest BCUT2D eigenvalue weighted by Crippen LogP contribution is -2.49. The minimum Gasteiger partial charge on any atom is -0.354 e. The fraction of sp³-hybridized carbons (Fsp3) is 0.304. The normalized spacial score (nSPS) is 15.9. The predicted octanol–water partition coefficient (Wildman–Crippen LogP) is 1.88. The van der Waals surface area contributed by atoms with E-state index in [1.807, 2.05) is 36.4 Å². The number of carbonyl (C=O) groups is 3. The Morgan fingerprint density at radius 3 is 2.35 bits per heavy atom. The van der Waals surface area contributed by atoms with E-state index < -0.39 is 24.1 Å². The lowest BCUT2D eigenvalue weighted by atomic mass is 10.1. The van der Waals surface area contributed by atoms with Crippen LogP contribution >= 0.6 is 0 Å². The molecular formula is C23H23N3O5. The molecule has 0 N–H and O–H groups in total. The Hall–Kier alpha value is -3.54. The van der Waals surface area contributed by atoms with Crippen LogP contribution < -0.4 is 4.90 Å². The average Bonchev–Trinajstić information content (AvgIpc) is 3.09. The third-order valence-electron chi connectivity index (χ3n) is 5.14. The molecular weight excluding hydrogens is 398 g/mol. The molecule has 1 unspecified atom stereocenters. The molecule has 3 amide bonds. The number of rotatable bonds is 8. The van der Waals surface area contributed by atoms with Crippen LogP contribution in [-0.2, 0) is 30.3 Å². The van der Waals surface area contributed by atoms with E-state index in [2.05, 4.69) is 0 Å². The minimum atomic E-state index is -0.966. The van der Waals surface area contributed by atoms with Crippen molar-refractivity contribution in [2.45, 2.75) is 25.2 Å². The van der Waals surface area contributed by atoms with Gasteiger partial charge in [-0.2, -0.15) is 5.26 Å². The summed E-state index contributed by atoms with van der Waals surface area (Å²) in [4.78, 5) is 41.4. The van der Waals surface area contributed by atoms with Gasteiger partial charge in [-0.25, -0.2) is 4.90 Å². The zero-order chi connectivity index (χ0) is 22.4. The number of nitrogens with zero attached hydrogens (tertiary/aromatic N) is 3. The third-order valence-corrected chi connectivity index (χ3v) is 5.14. The lowest BCUT2D eigenvalue weighted by Gasteiger charge is -2.30. The van der Waals surface area contributed by atoms with Gasteiger partial charge in [0.25, 0.3) is 5.91 Å². The largest absolute Gasteiger partial charge is 0.354 e. The first kappa shape index (κ1) is 22.2. The molecule has 0 spiro atoms. The molecule has 1 atom stereocenters. The average molecular weight is 421 g/mol. The molecule has 0 radical (unpaired) electrons. The molecule has 2 aromatic carbocycles. The van der Waals surface area contributed by atoms with E-state index in [0.717, 1.165) is 10.5 Å². The number of ether oxygens (including phenoxy) is 2. The van der Waals surface area contributed by atoms with E-state index in [0.29, 0.717) is 11.3 Å². The van der Waals surface area contributed by atoms with Gasteiger partial charge in [-0.1, -0.05) is 30.3 Å². The Labute approximate surface area is 180 Å². The van der Waals surface area contributed by atoms with Gasteiger partial charge in [0.15, 0.2) is 6.29 Å². The third kappa shape index (κ3) is 4.97. The summed E-state index contributed by atoms with van der Waals surface area (Å²) in [6.07, 6.45) is -0.804. The molecule has 31 heavy (non-hydrogen) atoms. The smallest absolute Gasteiger partial charge is 0.257 e. The SMILES string of the molecule is COC(CN(C(=O)Cc1ccccc1)C1CC(=O)N(c2ccc(C#N)cc2)C1=O)OC. The fourth-order valence-electron chi connectivity index (χ4n) is 3.50. The Bertz CT molecular complexity index is 981. The van der Waals surface area contributed by atoms with Gasteiger partial charge in [-0.15, -0.1) is 0 Å². The summed E-state index contributed by atoms with van der Waals surface area (Å²) in [5.41, 5.74) is 1.58. The van der Waals surface area contributed by atoms with E-state index >= 15 is 0 Å². The van der Waals surface area contributed by atoms with Gasteiger partial charge < -0.3 is 14.4 Å². The van der Waals surface area contributed by atoms with Gasteiger partial charge in [0.2, 0.25) is 11.8 Å². The summed E-state index contributed by atoms with van der Waals surface area (Å²) < 4.78 is 10.5. The van der Waals surface area contributed by atoms with Crippen LogP contribution in [0.2, 0.25) is 0 Å². The summed E-state index contributed by atoms with van der Waals surface area (Å²) in [5, 5.41) is 8.96. The minimum absolute atomic E-state index is 0.00354. The fourth-order valence-corrected chi connectivity index (χ4v) is 3.50. The number of anilines is 1. The zero-order valence-electron chi connectivity index (χ0n) is 17.4. The summed E-state index contributed by atoms with van der Waals surface area (Å²) in [5.74, 6) is -1.22. The van der Waals surface area contributed by atoms with Crippen molar-refractivity contribution in [2.75, 3.05) is 25.7 Å². The molecule has 160 valence electrons. The number of methoxy groups -OCH3 is 2. The van der Waals surface area contributed by atoms with Gasteiger partial charge in [0, 0.05) is 14.2 Å². The number of carbonyl (C=O) groups excluding carboxylic acids is 3. The van der Waals surface area contributed by atoms with Crippen LogP contribution in [0.25, 0.3) is 0 Å². The molecule has 0 aliphatic carbocycles. The molecule has 1 fully saturated rings. The van der Waals surface area contributed by atoms with E-state index in [9.17, 15) is 14.4 Å². The van der Waals surface area contributed by atoms with Gasteiger partial charge in [0.1, 0.15) is 6.04 Å². The summed E-state index contributed by atoms with van der Waals surface area (Å²) in [6.45, 7) is 0.00354. The summed E-state index contributed by atoms with van der Waals surface area (Å²) in [6, 6.07) is 16.3. The predicted molar refractivity (Wildman–Crippen MR) is 112 cm³/mol. The zero-order valence-corrected chi connectivity index (χ0v) is 17.4. The first-order chi connectivity index (χ1) is 15.0. The van der Waals surface area contributed by atoms with Gasteiger partial charge in [-0.3, -0.25) is 14.4 Å². The Kier molecular flexibility index (Phi) is 7.13. The van der Waals surface area contributed by atoms with Crippen molar-refractivity contribution >= 4 is 23.4 Å². The van der Waals surface area contributed by atoms with E-state index in [-0.39, 0.29) is 25.3 Å². The van der Waals surface area contributed by atoms with Crippen molar-refractivity contribution in [3.63, 3.8) is 0 Å². The Morgan fingerprint density at radius 2 is 1.77 bits per heavy atom. The second-order valence-electron chi connectivity index (χ2n) is 7.06. The number of hydrogen-bond acceptors (Lipinski definition) is 6. The summed E-state index contributed by atoms with van der Waals surface area (Å²) in [7, 11) is 2.89. The first-order valence-corrected chi connectivity index (χ1v) is 9.74. The Balaban J connectivity index is 1.87. The molecule has 8 heteroatoms. The van der Waals surface area contributed by atoms with Crippen LogP contribution in [0.15, 0.2) is 54.6 Å². The molecule has 0 bridgehead atoms. The van der Waals surface area contributed by atoms with Crippen molar-refractivity contribution in [1.29, 1.82) is 5.26 Å².